The number of hydrogen-bond acceptors (Lipinski definition) is 3. The summed E-state index contributed by atoms with van der Waals surface area (Å²) in [5, 5.41) is 7.00. The van der Waals surface area contributed by atoms with E-state index in [1.807, 2.05) is 50.2 Å². The van der Waals surface area contributed by atoms with Gasteiger partial charge in [-0.25, -0.2) is 0 Å². The first-order chi connectivity index (χ1) is 14.0. The van der Waals surface area contributed by atoms with E-state index in [-0.39, 0.29) is 11.7 Å². The number of para-hydroxylation sites is 1. The van der Waals surface area contributed by atoms with E-state index in [0.717, 1.165) is 41.1 Å². The molecule has 0 unspecified atom stereocenters. The third kappa shape index (κ3) is 3.73. The van der Waals surface area contributed by atoms with E-state index < -0.39 is 5.92 Å². The molecule has 4 rings (SSSR count). The first-order valence-electron chi connectivity index (χ1n) is 9.82. The van der Waals surface area contributed by atoms with E-state index >= 15 is 0 Å². The van der Waals surface area contributed by atoms with Crippen LogP contribution >= 0.6 is 11.6 Å². The van der Waals surface area contributed by atoms with Crippen LogP contribution < -0.4 is 10.6 Å². The predicted octanol–water partition coefficient (Wildman–Crippen LogP) is 5.26. The van der Waals surface area contributed by atoms with Gasteiger partial charge in [-0.05, 0) is 56.0 Å². The zero-order valence-electron chi connectivity index (χ0n) is 16.5. The molecule has 1 amide bonds. The number of halogens is 1. The number of anilines is 1. The molecule has 0 fully saturated rings. The lowest BCUT2D eigenvalue weighted by Gasteiger charge is -2.34. The van der Waals surface area contributed by atoms with Gasteiger partial charge in [0.25, 0.3) is 5.91 Å². The fourth-order valence-electron chi connectivity index (χ4n) is 4.18. The van der Waals surface area contributed by atoms with Crippen LogP contribution in [0.1, 0.15) is 43.2 Å². The topological polar surface area (TPSA) is 58.2 Å². The Morgan fingerprint density at radius 2 is 1.79 bits per heavy atom. The maximum absolute atomic E-state index is 13.4. The summed E-state index contributed by atoms with van der Waals surface area (Å²) in [6.07, 6.45) is 2.15. The summed E-state index contributed by atoms with van der Waals surface area (Å²) in [5.74, 6) is -0.498. The summed E-state index contributed by atoms with van der Waals surface area (Å²) < 4.78 is 0. The standard InChI is InChI=1S/C24H23ClN2O2/c1-14-6-3-4-7-18(14)27-24(29)21-15(2)26-19-8-5-9-20(28)23(19)22(21)16-10-12-17(25)13-11-16/h3-4,6-7,10-13,22,26H,5,8-9H2,1-2H3,(H,27,29)/t22-/m0/s1. The Labute approximate surface area is 175 Å². The van der Waals surface area contributed by atoms with Gasteiger partial charge in [-0.1, -0.05) is 41.9 Å². The zero-order chi connectivity index (χ0) is 20.5. The second kappa shape index (κ2) is 7.88. The molecule has 5 heteroatoms. The van der Waals surface area contributed by atoms with E-state index in [0.29, 0.717) is 22.6 Å². The SMILES string of the molecule is CC1=C(C(=O)Nc2ccccc2C)[C@H](c2ccc(Cl)cc2)C2=C(CCCC2=O)N1. The highest BCUT2D eigenvalue weighted by Crippen LogP contribution is 2.42. The molecule has 1 aliphatic carbocycles. The second-order valence-corrected chi connectivity index (χ2v) is 8.02. The third-order valence-corrected chi connectivity index (χ3v) is 5.87. The number of carbonyl (C=O) groups is 2. The summed E-state index contributed by atoms with van der Waals surface area (Å²) in [7, 11) is 0. The molecule has 1 aliphatic heterocycles. The number of benzene rings is 2. The summed E-state index contributed by atoms with van der Waals surface area (Å²) in [6, 6.07) is 15.1. The van der Waals surface area contributed by atoms with Crippen molar-refractivity contribution in [3.8, 4) is 0 Å². The van der Waals surface area contributed by atoms with Crippen LogP contribution in [0.2, 0.25) is 5.02 Å². The Hall–Kier alpha value is -2.85. The van der Waals surface area contributed by atoms with Crippen LogP contribution in [0.3, 0.4) is 0 Å². The smallest absolute Gasteiger partial charge is 0.254 e. The van der Waals surface area contributed by atoms with Gasteiger partial charge in [-0.15, -0.1) is 0 Å². The molecule has 0 aromatic heterocycles. The van der Waals surface area contributed by atoms with Gasteiger partial charge in [-0.2, -0.15) is 0 Å². The van der Waals surface area contributed by atoms with Crippen LogP contribution in [-0.4, -0.2) is 11.7 Å². The molecule has 1 heterocycles. The number of hydrogen-bond donors (Lipinski definition) is 2. The number of rotatable bonds is 3. The number of nitrogens with one attached hydrogen (secondary N) is 2. The second-order valence-electron chi connectivity index (χ2n) is 7.59. The predicted molar refractivity (Wildman–Crippen MR) is 116 cm³/mol. The minimum atomic E-state index is -0.402. The van der Waals surface area contributed by atoms with E-state index in [2.05, 4.69) is 10.6 Å². The van der Waals surface area contributed by atoms with Gasteiger partial charge in [0.2, 0.25) is 0 Å². The molecule has 4 nitrogen and oxygen atoms in total. The summed E-state index contributed by atoms with van der Waals surface area (Å²) in [4.78, 5) is 26.3. The molecule has 2 aliphatic rings. The van der Waals surface area contributed by atoms with Crippen molar-refractivity contribution in [1.82, 2.24) is 5.32 Å². The molecule has 2 N–H and O–H groups in total. The van der Waals surface area contributed by atoms with E-state index in [1.165, 1.54) is 0 Å². The lowest BCUT2D eigenvalue weighted by molar-refractivity contribution is -0.116. The first-order valence-corrected chi connectivity index (χ1v) is 10.2. The molecule has 29 heavy (non-hydrogen) atoms. The quantitative estimate of drug-likeness (QED) is 0.731. The van der Waals surface area contributed by atoms with Gasteiger partial charge in [0, 0.05) is 45.6 Å². The first kappa shape index (κ1) is 19.5. The van der Waals surface area contributed by atoms with E-state index in [4.69, 9.17) is 11.6 Å². The summed E-state index contributed by atoms with van der Waals surface area (Å²) in [6.45, 7) is 3.86. The van der Waals surface area contributed by atoms with Crippen LogP contribution in [0, 0.1) is 6.92 Å². The fourth-order valence-corrected chi connectivity index (χ4v) is 4.30. The van der Waals surface area contributed by atoms with Gasteiger partial charge < -0.3 is 10.6 Å². The van der Waals surface area contributed by atoms with Crippen molar-refractivity contribution < 1.29 is 9.59 Å². The lowest BCUT2D eigenvalue weighted by atomic mass is 9.75. The number of Topliss-reactive ketones (excluding diaryl/α,β-unsaturated/α-hetero) is 1. The lowest BCUT2D eigenvalue weighted by Crippen LogP contribution is -2.35. The Bertz CT molecular complexity index is 1050. The highest BCUT2D eigenvalue weighted by Gasteiger charge is 2.38. The fraction of sp³-hybridized carbons (Fsp3) is 0.250. The van der Waals surface area contributed by atoms with Crippen molar-refractivity contribution in [2.24, 2.45) is 0 Å². The van der Waals surface area contributed by atoms with Gasteiger partial charge in [-0.3, -0.25) is 9.59 Å². The van der Waals surface area contributed by atoms with E-state index in [9.17, 15) is 9.59 Å². The summed E-state index contributed by atoms with van der Waals surface area (Å²) >= 11 is 6.09. The van der Waals surface area contributed by atoms with Crippen LogP contribution in [0.5, 0.6) is 0 Å². The number of allylic oxidation sites excluding steroid dienone is 3. The van der Waals surface area contributed by atoms with Crippen molar-refractivity contribution in [1.29, 1.82) is 0 Å². The highest BCUT2D eigenvalue weighted by atomic mass is 35.5. The molecule has 0 saturated carbocycles. The van der Waals surface area contributed by atoms with Crippen molar-refractivity contribution in [3.63, 3.8) is 0 Å². The zero-order valence-corrected chi connectivity index (χ0v) is 17.3. The monoisotopic (exact) mass is 406 g/mol. The molecule has 0 saturated heterocycles. The van der Waals surface area contributed by atoms with Crippen molar-refractivity contribution >= 4 is 29.0 Å². The Morgan fingerprint density at radius 1 is 1.07 bits per heavy atom. The number of aryl methyl sites for hydroxylation is 1. The molecule has 2 aromatic carbocycles. The Balaban J connectivity index is 1.79. The molecule has 1 atom stereocenters. The average Bonchev–Trinajstić information content (AvgIpc) is 2.69. The third-order valence-electron chi connectivity index (χ3n) is 5.62. The normalized spacial score (nSPS) is 19.0. The molecule has 148 valence electrons. The number of amides is 1. The van der Waals surface area contributed by atoms with Gasteiger partial charge in [0.1, 0.15) is 0 Å². The molecule has 2 aromatic rings. The van der Waals surface area contributed by atoms with Gasteiger partial charge in [0.15, 0.2) is 5.78 Å². The highest BCUT2D eigenvalue weighted by molar-refractivity contribution is 6.30. The average molecular weight is 407 g/mol. The van der Waals surface area contributed by atoms with Gasteiger partial charge >= 0.3 is 0 Å². The van der Waals surface area contributed by atoms with Crippen LogP contribution in [0.15, 0.2) is 71.1 Å². The van der Waals surface area contributed by atoms with Crippen molar-refractivity contribution in [2.45, 2.75) is 39.0 Å². The minimum Gasteiger partial charge on any atom is -0.362 e. The Morgan fingerprint density at radius 3 is 2.52 bits per heavy atom. The van der Waals surface area contributed by atoms with Gasteiger partial charge in [0.05, 0.1) is 0 Å². The number of dihydropyridines is 1. The van der Waals surface area contributed by atoms with Crippen LogP contribution in [0.4, 0.5) is 5.69 Å². The summed E-state index contributed by atoms with van der Waals surface area (Å²) in [5.41, 5.74) is 5.65. The molecular formula is C24H23ClN2O2. The number of carbonyl (C=O) groups excluding carboxylic acids is 2. The molecule has 0 spiro atoms. The maximum atomic E-state index is 13.4. The van der Waals surface area contributed by atoms with Crippen molar-refractivity contribution in [3.05, 3.63) is 87.2 Å². The maximum Gasteiger partial charge on any atom is 0.254 e. The minimum absolute atomic E-state index is 0.104. The Kier molecular flexibility index (Phi) is 5.29. The number of ketones is 1. The van der Waals surface area contributed by atoms with E-state index in [1.54, 1.807) is 12.1 Å². The molecule has 0 bridgehead atoms. The molecular weight excluding hydrogens is 384 g/mol. The molecule has 0 radical (unpaired) electrons. The van der Waals surface area contributed by atoms with Crippen molar-refractivity contribution in [2.75, 3.05) is 5.32 Å². The van der Waals surface area contributed by atoms with Crippen LogP contribution in [-0.2, 0) is 9.59 Å². The van der Waals surface area contributed by atoms with Crippen LogP contribution in [0.25, 0.3) is 0 Å². The largest absolute Gasteiger partial charge is 0.362 e.